The van der Waals surface area contributed by atoms with Crippen molar-refractivity contribution < 1.29 is 9.90 Å². The van der Waals surface area contributed by atoms with Gasteiger partial charge in [-0.25, -0.2) is 9.48 Å². The largest absolute Gasteiger partial charge is 0.478 e. The quantitative estimate of drug-likeness (QED) is 0.910. The lowest BCUT2D eigenvalue weighted by atomic mass is 9.90. The van der Waals surface area contributed by atoms with Crippen LogP contribution in [-0.2, 0) is 5.41 Å². The van der Waals surface area contributed by atoms with Crippen LogP contribution in [0.4, 0.5) is 0 Å². The summed E-state index contributed by atoms with van der Waals surface area (Å²) in [5.74, 6) is -0.939. The van der Waals surface area contributed by atoms with E-state index in [9.17, 15) is 9.90 Å². The molecule has 0 saturated heterocycles. The molecule has 4 heteroatoms. The highest BCUT2D eigenvalue weighted by molar-refractivity contribution is 5.89. The molecule has 0 radical (unpaired) electrons. The van der Waals surface area contributed by atoms with Gasteiger partial charge in [0.05, 0.1) is 11.4 Å². The molecule has 1 N–H and O–H groups in total. The summed E-state index contributed by atoms with van der Waals surface area (Å²) in [7, 11) is 0. The third-order valence-electron chi connectivity index (χ3n) is 3.25. The van der Waals surface area contributed by atoms with Gasteiger partial charge in [0.2, 0.25) is 0 Å². The maximum Gasteiger partial charge on any atom is 0.339 e. The van der Waals surface area contributed by atoms with Crippen molar-refractivity contribution in [3.63, 3.8) is 0 Å². The zero-order valence-corrected chi connectivity index (χ0v) is 12.6. The van der Waals surface area contributed by atoms with Crippen LogP contribution >= 0.6 is 0 Å². The number of nitrogens with zero attached hydrogens (tertiary/aromatic N) is 2. The average molecular weight is 272 g/mol. The van der Waals surface area contributed by atoms with E-state index in [0.717, 1.165) is 11.3 Å². The molecule has 0 atom stereocenters. The second-order valence-corrected chi connectivity index (χ2v) is 6.18. The number of carboxylic acids is 1. The molecule has 0 amide bonds. The molecule has 0 unspecified atom stereocenters. The topological polar surface area (TPSA) is 55.1 Å². The Labute approximate surface area is 119 Å². The van der Waals surface area contributed by atoms with Gasteiger partial charge in [-0.15, -0.1) is 0 Å². The van der Waals surface area contributed by atoms with E-state index < -0.39 is 5.97 Å². The molecule has 0 spiro atoms. The van der Waals surface area contributed by atoms with Crippen LogP contribution in [-0.4, -0.2) is 20.9 Å². The van der Waals surface area contributed by atoms with Crippen molar-refractivity contribution in [1.82, 2.24) is 9.78 Å². The number of aromatic nitrogens is 2. The van der Waals surface area contributed by atoms with Crippen LogP contribution < -0.4 is 0 Å². The fourth-order valence-electron chi connectivity index (χ4n) is 2.27. The van der Waals surface area contributed by atoms with E-state index in [1.807, 2.05) is 46.8 Å². The Kier molecular flexibility index (Phi) is 3.42. The Balaban J connectivity index is 2.62. The summed E-state index contributed by atoms with van der Waals surface area (Å²) in [6, 6.07) is 6.03. The van der Waals surface area contributed by atoms with E-state index >= 15 is 0 Å². The predicted molar refractivity (Wildman–Crippen MR) is 78.7 cm³/mol. The molecule has 0 saturated carbocycles. The number of aryl methyl sites for hydroxylation is 2. The van der Waals surface area contributed by atoms with Gasteiger partial charge in [-0.1, -0.05) is 38.5 Å². The second-order valence-electron chi connectivity index (χ2n) is 6.18. The minimum absolute atomic E-state index is 0.262. The van der Waals surface area contributed by atoms with Crippen molar-refractivity contribution in [2.24, 2.45) is 0 Å². The number of carbonyl (C=O) groups is 1. The first-order valence-corrected chi connectivity index (χ1v) is 6.61. The van der Waals surface area contributed by atoms with Crippen LogP contribution in [0.2, 0.25) is 0 Å². The lowest BCUT2D eigenvalue weighted by Gasteiger charge is -2.16. The molecule has 0 aliphatic carbocycles. The molecule has 2 aromatic rings. The Morgan fingerprint density at radius 3 is 2.35 bits per heavy atom. The van der Waals surface area contributed by atoms with E-state index in [-0.39, 0.29) is 11.0 Å². The smallest absolute Gasteiger partial charge is 0.339 e. The Morgan fingerprint density at radius 1 is 1.25 bits per heavy atom. The minimum Gasteiger partial charge on any atom is -0.478 e. The van der Waals surface area contributed by atoms with E-state index in [4.69, 9.17) is 0 Å². The predicted octanol–water partition coefficient (Wildman–Crippen LogP) is 3.48. The van der Waals surface area contributed by atoms with Gasteiger partial charge in [-0.2, -0.15) is 5.10 Å². The van der Waals surface area contributed by atoms with Crippen LogP contribution in [0.3, 0.4) is 0 Å². The molecule has 1 heterocycles. The van der Waals surface area contributed by atoms with E-state index in [1.165, 1.54) is 5.56 Å². The molecule has 1 aromatic carbocycles. The van der Waals surface area contributed by atoms with Crippen molar-refractivity contribution in [2.45, 2.75) is 40.0 Å². The van der Waals surface area contributed by atoms with Crippen LogP contribution in [0.15, 0.2) is 24.4 Å². The third kappa shape index (κ3) is 2.59. The molecule has 0 fully saturated rings. The zero-order valence-electron chi connectivity index (χ0n) is 12.6. The lowest BCUT2D eigenvalue weighted by Crippen LogP contribution is -2.16. The minimum atomic E-state index is -0.939. The number of hydrogen-bond acceptors (Lipinski definition) is 2. The van der Waals surface area contributed by atoms with Crippen molar-refractivity contribution in [2.75, 3.05) is 0 Å². The summed E-state index contributed by atoms with van der Waals surface area (Å²) in [5, 5.41) is 13.8. The van der Waals surface area contributed by atoms with Gasteiger partial charge in [-0.05, 0) is 25.5 Å². The summed E-state index contributed by atoms with van der Waals surface area (Å²) >= 11 is 0. The highest BCUT2D eigenvalue weighted by Gasteiger charge is 2.26. The van der Waals surface area contributed by atoms with Gasteiger partial charge < -0.3 is 5.11 Å². The number of hydrogen-bond donors (Lipinski definition) is 1. The van der Waals surface area contributed by atoms with E-state index in [1.54, 1.807) is 10.9 Å². The Bertz CT molecular complexity index is 664. The van der Waals surface area contributed by atoms with Crippen LogP contribution in [0.25, 0.3) is 5.69 Å². The summed E-state index contributed by atoms with van der Waals surface area (Å²) in [6.45, 7) is 9.93. The van der Waals surface area contributed by atoms with Gasteiger partial charge in [0, 0.05) is 11.6 Å². The molecular formula is C16H20N2O2. The van der Waals surface area contributed by atoms with E-state index in [2.05, 4.69) is 11.2 Å². The van der Waals surface area contributed by atoms with Gasteiger partial charge in [0.1, 0.15) is 5.56 Å². The second kappa shape index (κ2) is 4.78. The molecule has 0 aliphatic heterocycles. The van der Waals surface area contributed by atoms with Crippen LogP contribution in [0.1, 0.15) is 48.0 Å². The van der Waals surface area contributed by atoms with Gasteiger partial charge in [-0.3, -0.25) is 0 Å². The molecule has 4 nitrogen and oxygen atoms in total. The monoisotopic (exact) mass is 272 g/mol. The van der Waals surface area contributed by atoms with Crippen molar-refractivity contribution in [1.29, 1.82) is 0 Å². The summed E-state index contributed by atoms with van der Waals surface area (Å²) < 4.78 is 1.67. The molecule has 1 aromatic heterocycles. The molecule has 0 bridgehead atoms. The van der Waals surface area contributed by atoms with Crippen molar-refractivity contribution in [3.05, 3.63) is 46.8 Å². The zero-order chi connectivity index (χ0) is 15.1. The molecule has 20 heavy (non-hydrogen) atoms. The molecule has 0 aliphatic rings. The normalized spacial score (nSPS) is 11.7. The summed E-state index contributed by atoms with van der Waals surface area (Å²) in [5.41, 5.74) is 3.71. The van der Waals surface area contributed by atoms with Gasteiger partial charge in [0.25, 0.3) is 0 Å². The fourth-order valence-corrected chi connectivity index (χ4v) is 2.27. The summed E-state index contributed by atoms with van der Waals surface area (Å²) in [6.07, 6.45) is 1.60. The average Bonchev–Trinajstić information content (AvgIpc) is 2.73. The highest BCUT2D eigenvalue weighted by Crippen LogP contribution is 2.26. The molecule has 2 rings (SSSR count). The fraction of sp³-hybridized carbons (Fsp3) is 0.375. The first-order chi connectivity index (χ1) is 9.20. The van der Waals surface area contributed by atoms with Crippen molar-refractivity contribution >= 4 is 5.97 Å². The number of rotatable bonds is 2. The number of carboxylic acid groups (broad SMARTS) is 1. The Morgan fingerprint density at radius 2 is 1.90 bits per heavy atom. The first-order valence-electron chi connectivity index (χ1n) is 6.61. The maximum absolute atomic E-state index is 11.4. The van der Waals surface area contributed by atoms with Crippen LogP contribution in [0, 0.1) is 13.8 Å². The van der Waals surface area contributed by atoms with E-state index in [0.29, 0.717) is 5.69 Å². The third-order valence-corrected chi connectivity index (χ3v) is 3.25. The maximum atomic E-state index is 11.4. The number of aromatic carboxylic acids is 1. The number of benzene rings is 1. The van der Waals surface area contributed by atoms with Gasteiger partial charge >= 0.3 is 5.97 Å². The SMILES string of the molecule is Cc1ccc(-n2cc(C(=O)O)c(C(C)(C)C)n2)c(C)c1. The van der Waals surface area contributed by atoms with Gasteiger partial charge in [0.15, 0.2) is 0 Å². The molecular weight excluding hydrogens is 252 g/mol. The van der Waals surface area contributed by atoms with Crippen LogP contribution in [0.5, 0.6) is 0 Å². The highest BCUT2D eigenvalue weighted by atomic mass is 16.4. The molecule has 106 valence electrons. The summed E-state index contributed by atoms with van der Waals surface area (Å²) in [4.78, 5) is 11.4. The Hall–Kier alpha value is -2.10. The standard InChI is InChI=1S/C16H20N2O2/c1-10-6-7-13(11(2)8-10)18-9-12(15(19)20)14(17-18)16(3,4)5/h6-9H,1-5H3,(H,19,20). The van der Waals surface area contributed by atoms with Crippen molar-refractivity contribution in [3.8, 4) is 5.69 Å². The first kappa shape index (κ1) is 14.3. The lowest BCUT2D eigenvalue weighted by molar-refractivity contribution is 0.0694.